The van der Waals surface area contributed by atoms with Crippen LogP contribution < -0.4 is 5.49 Å². The number of hydrogen-bond acceptors (Lipinski definition) is 5. The first-order valence-corrected chi connectivity index (χ1v) is 8.85. The van der Waals surface area contributed by atoms with E-state index in [0.29, 0.717) is 21.3 Å². The molecule has 0 fully saturated rings. The number of halogens is 3. The fourth-order valence-electron chi connectivity index (χ4n) is 3.12. The van der Waals surface area contributed by atoms with Crippen molar-refractivity contribution < 1.29 is 13.2 Å². The molecule has 0 aliphatic rings. The first-order valence-electron chi connectivity index (χ1n) is 8.85. The van der Waals surface area contributed by atoms with Gasteiger partial charge in [0, 0.05) is 42.2 Å². The van der Waals surface area contributed by atoms with Gasteiger partial charge in [-0.2, -0.15) is 23.7 Å². The van der Waals surface area contributed by atoms with E-state index >= 15 is 8.78 Å². The van der Waals surface area contributed by atoms with Gasteiger partial charge in [0.25, 0.3) is 0 Å². The van der Waals surface area contributed by atoms with Crippen molar-refractivity contribution >= 4 is 16.7 Å². The fourth-order valence-corrected chi connectivity index (χ4v) is 3.12. The third-order valence-electron chi connectivity index (χ3n) is 4.58. The zero-order valence-corrected chi connectivity index (χ0v) is 16.0. The van der Waals surface area contributed by atoms with Crippen molar-refractivity contribution in [3.63, 3.8) is 0 Å². The van der Waals surface area contributed by atoms with Crippen molar-refractivity contribution in [2.45, 2.75) is 12.8 Å². The van der Waals surface area contributed by atoms with Gasteiger partial charge in [0.05, 0.1) is 16.8 Å². The van der Waals surface area contributed by atoms with E-state index in [0.717, 1.165) is 12.1 Å². The summed E-state index contributed by atoms with van der Waals surface area (Å²) in [6.07, 6.45) is 3.02. The van der Waals surface area contributed by atoms with Gasteiger partial charge in [-0.25, -0.2) is 4.39 Å². The topological polar surface area (TPSA) is 96.2 Å². The van der Waals surface area contributed by atoms with Crippen LogP contribution in [-0.4, -0.2) is 30.4 Å². The van der Waals surface area contributed by atoms with Crippen molar-refractivity contribution in [1.82, 2.24) is 24.5 Å². The van der Waals surface area contributed by atoms with E-state index in [-0.39, 0.29) is 11.2 Å². The molecule has 10 heteroatoms. The van der Waals surface area contributed by atoms with Crippen LogP contribution in [0.15, 0.2) is 48.8 Å². The summed E-state index contributed by atoms with van der Waals surface area (Å²) in [5.74, 6) is -6.56. The largest absolute Gasteiger partial charge is 0.334 e. The number of aryl methyl sites for hydroxylation is 2. The van der Waals surface area contributed by atoms with Crippen LogP contribution in [0.3, 0.4) is 0 Å². The Hall–Kier alpha value is -3.82. The van der Waals surface area contributed by atoms with Crippen LogP contribution in [-0.2, 0) is 13.0 Å². The molecular weight excluding hydrogens is 395 g/mol. The second-order valence-electron chi connectivity index (χ2n) is 6.82. The molecule has 0 amide bonds. The molecule has 7 nitrogen and oxygen atoms in total. The van der Waals surface area contributed by atoms with E-state index in [1.54, 1.807) is 32.3 Å². The minimum Gasteiger partial charge on any atom is -0.283 e. The molecule has 0 spiro atoms. The molecule has 4 rings (SSSR count). The summed E-state index contributed by atoms with van der Waals surface area (Å²) >= 11 is 0. The van der Waals surface area contributed by atoms with Gasteiger partial charge in [-0.3, -0.25) is 20.5 Å². The summed E-state index contributed by atoms with van der Waals surface area (Å²) in [5.41, 5.74) is 0.380. The highest BCUT2D eigenvalue weighted by Gasteiger charge is 2.42. The number of hydrogen-bond donors (Lipinski definition) is 2. The quantitative estimate of drug-likeness (QED) is 0.400. The van der Waals surface area contributed by atoms with Crippen molar-refractivity contribution in [1.29, 1.82) is 10.8 Å². The number of fused-ring (bicyclic) bond motifs is 1. The summed E-state index contributed by atoms with van der Waals surface area (Å²) in [5, 5.41) is 24.3. The lowest BCUT2D eigenvalue weighted by molar-refractivity contribution is 0.0656. The van der Waals surface area contributed by atoms with Crippen LogP contribution in [0.4, 0.5) is 13.2 Å². The zero-order chi connectivity index (χ0) is 21.6. The molecule has 0 aliphatic heterocycles. The maximum Gasteiger partial charge on any atom is 0.334 e. The van der Waals surface area contributed by atoms with Crippen LogP contribution in [0.2, 0.25) is 0 Å². The smallest absolute Gasteiger partial charge is 0.283 e. The monoisotopic (exact) mass is 411 g/mol. The molecule has 0 aliphatic carbocycles. The SMILES string of the molecule is Cc1cc(-c2ccc(=N)n(C(=N)C(F)(F)c3cc4cn(C)nc4cc3F)n2)ccn1. The van der Waals surface area contributed by atoms with Gasteiger partial charge >= 0.3 is 5.92 Å². The number of pyridine rings is 1. The van der Waals surface area contributed by atoms with Crippen LogP contribution in [0.1, 0.15) is 11.3 Å². The molecule has 0 unspecified atom stereocenters. The van der Waals surface area contributed by atoms with E-state index in [4.69, 9.17) is 10.8 Å². The number of nitrogens with one attached hydrogen (secondary N) is 2. The standard InChI is InChI=1S/C20H16F3N7/c1-11-7-12(5-6-26-11)16-3-4-18(24)30(28-16)19(25)20(22,23)14-8-13-10-29(2)27-17(13)9-15(14)21/h3-10,24-25H,1-2H3. The molecule has 2 N–H and O–H groups in total. The Morgan fingerprint density at radius 1 is 1.10 bits per heavy atom. The Morgan fingerprint density at radius 2 is 1.87 bits per heavy atom. The molecule has 152 valence electrons. The molecule has 0 atom stereocenters. The molecule has 4 aromatic rings. The van der Waals surface area contributed by atoms with Crippen LogP contribution >= 0.6 is 0 Å². The van der Waals surface area contributed by atoms with Crippen molar-refractivity contribution in [2.75, 3.05) is 0 Å². The molecule has 0 saturated carbocycles. The Morgan fingerprint density at radius 3 is 2.60 bits per heavy atom. The molecule has 3 heterocycles. The second kappa shape index (κ2) is 6.90. The van der Waals surface area contributed by atoms with Crippen LogP contribution in [0, 0.1) is 23.6 Å². The predicted molar refractivity (Wildman–Crippen MR) is 104 cm³/mol. The van der Waals surface area contributed by atoms with Gasteiger partial charge in [-0.05, 0) is 37.3 Å². The molecule has 1 aromatic carbocycles. The Balaban J connectivity index is 1.81. The minimum atomic E-state index is -4.03. The third-order valence-corrected chi connectivity index (χ3v) is 4.58. The molecule has 0 saturated heterocycles. The highest BCUT2D eigenvalue weighted by atomic mass is 19.3. The number of aromatic nitrogens is 5. The van der Waals surface area contributed by atoms with Gasteiger partial charge in [0.2, 0.25) is 0 Å². The molecule has 30 heavy (non-hydrogen) atoms. The van der Waals surface area contributed by atoms with Crippen molar-refractivity contribution in [3.05, 3.63) is 71.4 Å². The van der Waals surface area contributed by atoms with Crippen molar-refractivity contribution in [3.8, 4) is 11.3 Å². The predicted octanol–water partition coefficient (Wildman–Crippen LogP) is 3.38. The summed E-state index contributed by atoms with van der Waals surface area (Å²) in [6.45, 7) is 1.77. The van der Waals surface area contributed by atoms with E-state index in [1.165, 1.54) is 23.0 Å². The van der Waals surface area contributed by atoms with E-state index in [1.807, 2.05) is 0 Å². The van der Waals surface area contributed by atoms with Gasteiger partial charge < -0.3 is 0 Å². The second-order valence-corrected chi connectivity index (χ2v) is 6.82. The Labute approximate surface area is 168 Å². The highest BCUT2D eigenvalue weighted by Crippen LogP contribution is 2.33. The Bertz CT molecular complexity index is 1350. The average molecular weight is 411 g/mol. The van der Waals surface area contributed by atoms with Crippen molar-refractivity contribution in [2.24, 2.45) is 7.05 Å². The van der Waals surface area contributed by atoms with Gasteiger partial charge in [-0.15, -0.1) is 0 Å². The first kappa shape index (κ1) is 19.5. The average Bonchev–Trinajstić information content (AvgIpc) is 3.06. The summed E-state index contributed by atoms with van der Waals surface area (Å²) in [7, 11) is 1.59. The minimum absolute atomic E-state index is 0.225. The number of rotatable bonds is 3. The summed E-state index contributed by atoms with van der Waals surface area (Å²) in [4.78, 5) is 4.07. The lowest BCUT2D eigenvalue weighted by Gasteiger charge is -2.20. The normalized spacial score (nSPS) is 11.8. The Kier molecular flexibility index (Phi) is 4.49. The summed E-state index contributed by atoms with van der Waals surface area (Å²) < 4.78 is 46.7. The highest BCUT2D eigenvalue weighted by molar-refractivity contribution is 5.90. The maximum atomic E-state index is 15.2. The van der Waals surface area contributed by atoms with Crippen LogP contribution in [0.25, 0.3) is 22.2 Å². The molecular formula is C20H16F3N7. The van der Waals surface area contributed by atoms with Crippen LogP contribution in [0.5, 0.6) is 0 Å². The lowest BCUT2D eigenvalue weighted by atomic mass is 10.0. The zero-order valence-electron chi connectivity index (χ0n) is 16.0. The summed E-state index contributed by atoms with van der Waals surface area (Å²) in [6, 6.07) is 7.95. The van der Waals surface area contributed by atoms with Gasteiger partial charge in [0.15, 0.2) is 5.84 Å². The van der Waals surface area contributed by atoms with Gasteiger partial charge in [-0.1, -0.05) is 0 Å². The molecule has 0 bridgehead atoms. The number of benzene rings is 1. The number of nitrogens with zero attached hydrogens (tertiary/aromatic N) is 5. The number of alkyl halides is 2. The third kappa shape index (κ3) is 3.25. The van der Waals surface area contributed by atoms with E-state index in [2.05, 4.69) is 15.2 Å². The first-order chi connectivity index (χ1) is 14.2. The van der Waals surface area contributed by atoms with E-state index in [9.17, 15) is 4.39 Å². The molecule has 0 radical (unpaired) electrons. The van der Waals surface area contributed by atoms with E-state index < -0.39 is 28.6 Å². The lowest BCUT2D eigenvalue weighted by Crippen LogP contribution is -2.40. The molecule has 3 aromatic heterocycles. The van der Waals surface area contributed by atoms with Gasteiger partial charge in [0.1, 0.15) is 11.3 Å². The maximum absolute atomic E-state index is 15.2. The fraction of sp³-hybridized carbons (Fsp3) is 0.150.